The first-order valence-corrected chi connectivity index (χ1v) is 10.6. The lowest BCUT2D eigenvalue weighted by Gasteiger charge is -2.43. The summed E-state index contributed by atoms with van der Waals surface area (Å²) in [6.07, 6.45) is 6.31. The van der Waals surface area contributed by atoms with Crippen LogP contribution in [0.5, 0.6) is 17.2 Å². The molecule has 170 valence electrons. The Hall–Kier alpha value is -2.74. The summed E-state index contributed by atoms with van der Waals surface area (Å²) in [7, 11) is 6.32. The minimum absolute atomic E-state index is 0.0277. The van der Waals surface area contributed by atoms with Crippen molar-refractivity contribution < 1.29 is 28.5 Å². The molecule has 1 aromatic rings. The van der Waals surface area contributed by atoms with E-state index in [9.17, 15) is 9.59 Å². The Morgan fingerprint density at radius 2 is 1.84 bits per heavy atom. The maximum atomic E-state index is 12.5. The van der Waals surface area contributed by atoms with Gasteiger partial charge in [0.05, 0.1) is 21.3 Å². The highest BCUT2D eigenvalue weighted by Gasteiger charge is 2.40. The minimum atomic E-state index is -0.173. The smallest absolute Gasteiger partial charge is 0.244 e. The molecule has 1 aliphatic carbocycles. The van der Waals surface area contributed by atoms with E-state index in [2.05, 4.69) is 10.6 Å². The number of carbonyl (C=O) groups excluding carboxylic acids is 2. The van der Waals surface area contributed by atoms with Gasteiger partial charge < -0.3 is 29.6 Å². The van der Waals surface area contributed by atoms with Crippen molar-refractivity contribution in [1.29, 1.82) is 0 Å². The molecule has 2 aliphatic rings. The van der Waals surface area contributed by atoms with Crippen LogP contribution in [0.2, 0.25) is 0 Å². The van der Waals surface area contributed by atoms with E-state index in [4.69, 9.17) is 18.9 Å². The van der Waals surface area contributed by atoms with Gasteiger partial charge in [-0.1, -0.05) is 0 Å². The van der Waals surface area contributed by atoms with E-state index in [-0.39, 0.29) is 29.8 Å². The molecule has 4 atom stereocenters. The number of fused-ring (bicyclic) bond motifs is 1. The third-order valence-corrected chi connectivity index (χ3v) is 6.14. The molecular formula is C23H32N2O6. The van der Waals surface area contributed by atoms with E-state index in [1.807, 2.05) is 0 Å². The lowest BCUT2D eigenvalue weighted by Crippen LogP contribution is -2.56. The largest absolute Gasteiger partial charge is 0.493 e. The molecule has 3 rings (SSSR count). The number of methoxy groups -OCH3 is 4. The van der Waals surface area contributed by atoms with E-state index in [1.54, 1.807) is 46.6 Å². The number of ether oxygens (including phenoxy) is 4. The molecule has 2 N–H and O–H groups in total. The molecule has 8 heteroatoms. The van der Waals surface area contributed by atoms with E-state index >= 15 is 0 Å². The summed E-state index contributed by atoms with van der Waals surface area (Å²) in [6.45, 7) is 0.600. The van der Waals surface area contributed by atoms with Gasteiger partial charge in [-0.2, -0.15) is 0 Å². The van der Waals surface area contributed by atoms with Crippen molar-refractivity contribution in [1.82, 2.24) is 10.6 Å². The van der Waals surface area contributed by atoms with Gasteiger partial charge in [0, 0.05) is 38.3 Å². The van der Waals surface area contributed by atoms with Crippen molar-refractivity contribution in [3.8, 4) is 17.2 Å². The summed E-state index contributed by atoms with van der Waals surface area (Å²) in [5.74, 6) is 2.11. The molecule has 4 unspecified atom stereocenters. The van der Waals surface area contributed by atoms with Crippen LogP contribution in [0.1, 0.15) is 31.2 Å². The van der Waals surface area contributed by atoms with Crippen molar-refractivity contribution in [3.05, 3.63) is 23.8 Å². The molecule has 1 saturated heterocycles. The van der Waals surface area contributed by atoms with Crippen LogP contribution in [0.4, 0.5) is 0 Å². The lowest BCUT2D eigenvalue weighted by atomic mass is 9.71. The highest BCUT2D eigenvalue weighted by molar-refractivity contribution is 5.92. The topological polar surface area (TPSA) is 95.1 Å². The van der Waals surface area contributed by atoms with Crippen molar-refractivity contribution in [3.63, 3.8) is 0 Å². The van der Waals surface area contributed by atoms with Gasteiger partial charge in [0.15, 0.2) is 11.5 Å². The molecule has 8 nitrogen and oxygen atoms in total. The van der Waals surface area contributed by atoms with Crippen LogP contribution in [0.25, 0.3) is 6.08 Å². The number of piperidine rings is 1. The highest BCUT2D eigenvalue weighted by atomic mass is 16.5. The van der Waals surface area contributed by atoms with Gasteiger partial charge in [-0.3, -0.25) is 9.59 Å². The molecule has 0 bridgehead atoms. The number of hydrogen-bond acceptors (Lipinski definition) is 6. The summed E-state index contributed by atoms with van der Waals surface area (Å²) in [5.41, 5.74) is 0.760. The number of carbonyl (C=O) groups is 2. The predicted molar refractivity (Wildman–Crippen MR) is 116 cm³/mol. The van der Waals surface area contributed by atoms with Crippen molar-refractivity contribution in [2.45, 2.75) is 37.8 Å². The van der Waals surface area contributed by atoms with Crippen LogP contribution in [0.3, 0.4) is 0 Å². The number of rotatable bonds is 8. The van der Waals surface area contributed by atoms with Crippen LogP contribution in [0.15, 0.2) is 18.2 Å². The van der Waals surface area contributed by atoms with Gasteiger partial charge in [0.2, 0.25) is 17.6 Å². The quantitative estimate of drug-likeness (QED) is 0.612. The maximum Gasteiger partial charge on any atom is 0.244 e. The highest BCUT2D eigenvalue weighted by Crippen LogP contribution is 2.38. The Balaban J connectivity index is 1.61. The molecule has 0 radical (unpaired) electrons. The Morgan fingerprint density at radius 1 is 1.13 bits per heavy atom. The fourth-order valence-electron chi connectivity index (χ4n) is 4.73. The number of nitrogens with one attached hydrogen (secondary N) is 2. The molecule has 1 saturated carbocycles. The summed E-state index contributed by atoms with van der Waals surface area (Å²) < 4.78 is 21.3. The fraction of sp³-hybridized carbons (Fsp3) is 0.565. The van der Waals surface area contributed by atoms with Crippen LogP contribution in [-0.4, -0.2) is 58.9 Å². The Morgan fingerprint density at radius 3 is 2.45 bits per heavy atom. The van der Waals surface area contributed by atoms with Gasteiger partial charge in [-0.15, -0.1) is 0 Å². The van der Waals surface area contributed by atoms with Gasteiger partial charge in [0.1, 0.15) is 0 Å². The standard InChI is InChI=1S/C23H32N2O6/c1-28-13-15-11-22(27)25-18-12-16(6-7-17(15)18)24-21(26)8-5-14-9-19(29-2)23(31-4)20(10-14)30-3/h5,8-10,15-18H,6-7,11-13H2,1-4H3,(H,24,26)(H,25,27)/b8-5+. The first kappa shape index (κ1) is 22.9. The first-order chi connectivity index (χ1) is 15.0. The van der Waals surface area contributed by atoms with Crippen LogP contribution >= 0.6 is 0 Å². The first-order valence-electron chi connectivity index (χ1n) is 10.6. The van der Waals surface area contributed by atoms with Gasteiger partial charge >= 0.3 is 0 Å². The van der Waals surface area contributed by atoms with Crippen molar-refractivity contribution in [2.75, 3.05) is 35.0 Å². The Kier molecular flexibility index (Phi) is 7.79. The second-order valence-electron chi connectivity index (χ2n) is 8.07. The zero-order chi connectivity index (χ0) is 22.4. The number of amides is 2. The Bertz CT molecular complexity index is 799. The average molecular weight is 433 g/mol. The molecular weight excluding hydrogens is 400 g/mol. The fourth-order valence-corrected chi connectivity index (χ4v) is 4.73. The molecule has 31 heavy (non-hydrogen) atoms. The van der Waals surface area contributed by atoms with Gasteiger partial charge in [0.25, 0.3) is 0 Å². The second kappa shape index (κ2) is 10.5. The Labute approximate surface area is 183 Å². The zero-order valence-corrected chi connectivity index (χ0v) is 18.6. The van der Waals surface area contributed by atoms with Crippen LogP contribution < -0.4 is 24.8 Å². The monoisotopic (exact) mass is 432 g/mol. The molecule has 1 heterocycles. The maximum absolute atomic E-state index is 12.5. The third-order valence-electron chi connectivity index (χ3n) is 6.14. The third kappa shape index (κ3) is 5.50. The van der Waals surface area contributed by atoms with E-state index in [0.29, 0.717) is 36.2 Å². The van der Waals surface area contributed by atoms with Crippen molar-refractivity contribution in [2.24, 2.45) is 11.8 Å². The zero-order valence-electron chi connectivity index (χ0n) is 18.6. The van der Waals surface area contributed by atoms with Crippen LogP contribution in [-0.2, 0) is 14.3 Å². The normalized spacial score (nSPS) is 25.5. The molecule has 2 amide bonds. The molecule has 0 aromatic heterocycles. The predicted octanol–water partition coefficient (Wildman–Crippen LogP) is 2.16. The number of hydrogen-bond donors (Lipinski definition) is 2. The number of benzene rings is 1. The van der Waals surface area contributed by atoms with E-state index in [1.165, 1.54) is 6.08 Å². The lowest BCUT2D eigenvalue weighted by molar-refractivity contribution is -0.128. The molecule has 0 spiro atoms. The summed E-state index contributed by atoms with van der Waals surface area (Å²) in [4.78, 5) is 24.6. The molecule has 2 fully saturated rings. The van der Waals surface area contributed by atoms with Crippen LogP contribution in [0, 0.1) is 11.8 Å². The summed E-state index contributed by atoms with van der Waals surface area (Å²) in [5, 5.41) is 6.17. The van der Waals surface area contributed by atoms with E-state index < -0.39 is 0 Å². The average Bonchev–Trinajstić information content (AvgIpc) is 2.76. The summed E-state index contributed by atoms with van der Waals surface area (Å²) >= 11 is 0. The summed E-state index contributed by atoms with van der Waals surface area (Å²) in [6, 6.07) is 3.67. The van der Waals surface area contributed by atoms with E-state index in [0.717, 1.165) is 24.8 Å². The molecule has 1 aromatic carbocycles. The van der Waals surface area contributed by atoms with Crippen molar-refractivity contribution >= 4 is 17.9 Å². The minimum Gasteiger partial charge on any atom is -0.493 e. The second-order valence-corrected chi connectivity index (χ2v) is 8.07. The SMILES string of the molecule is COCC1CC(=O)NC2CC(NC(=O)/C=C/c3cc(OC)c(OC)c(OC)c3)CCC12. The van der Waals surface area contributed by atoms with Gasteiger partial charge in [-0.25, -0.2) is 0 Å². The molecule has 1 aliphatic heterocycles. The van der Waals surface area contributed by atoms with Gasteiger partial charge in [-0.05, 0) is 54.9 Å².